The molecule has 10 heteroatoms. The van der Waals surface area contributed by atoms with Gasteiger partial charge in [0.15, 0.2) is 11.5 Å². The number of nitrogens with one attached hydrogen (secondary N) is 1. The van der Waals surface area contributed by atoms with Crippen LogP contribution >= 0.6 is 0 Å². The van der Waals surface area contributed by atoms with Crippen molar-refractivity contribution in [2.75, 3.05) is 23.4 Å². The van der Waals surface area contributed by atoms with Gasteiger partial charge in [0.1, 0.15) is 12.6 Å². The Morgan fingerprint density at radius 1 is 0.902 bits per heavy atom. The summed E-state index contributed by atoms with van der Waals surface area (Å²) in [6.45, 7) is 5.10. The Balaban J connectivity index is 1.73. The van der Waals surface area contributed by atoms with E-state index >= 15 is 0 Å². The van der Waals surface area contributed by atoms with Crippen LogP contribution in [-0.2, 0) is 32.6 Å². The van der Waals surface area contributed by atoms with Crippen LogP contribution in [0.2, 0.25) is 0 Å². The first-order valence-corrected chi connectivity index (χ1v) is 15.4. The quantitative estimate of drug-likeness (QED) is 0.327. The summed E-state index contributed by atoms with van der Waals surface area (Å²) in [6.07, 6.45) is 0.995. The van der Waals surface area contributed by atoms with Crippen LogP contribution in [-0.4, -0.2) is 56.3 Å². The molecule has 4 rings (SSSR count). The lowest BCUT2D eigenvalue weighted by Crippen LogP contribution is -2.54. The number of amides is 2. The lowest BCUT2D eigenvalue weighted by atomic mass is 10.0. The van der Waals surface area contributed by atoms with Gasteiger partial charge in [-0.25, -0.2) is 8.42 Å². The summed E-state index contributed by atoms with van der Waals surface area (Å²) in [6, 6.07) is 22.7. The number of carbonyl (C=O) groups excluding carboxylic acids is 2. The summed E-state index contributed by atoms with van der Waals surface area (Å²) in [5.41, 5.74) is 1.99. The predicted molar refractivity (Wildman–Crippen MR) is 158 cm³/mol. The maximum Gasteiger partial charge on any atom is 0.244 e. The molecule has 0 radical (unpaired) electrons. The van der Waals surface area contributed by atoms with Crippen LogP contribution in [0.4, 0.5) is 5.69 Å². The van der Waals surface area contributed by atoms with Crippen molar-refractivity contribution >= 4 is 27.5 Å². The Kier molecular flexibility index (Phi) is 9.88. The van der Waals surface area contributed by atoms with Gasteiger partial charge in [-0.2, -0.15) is 0 Å². The van der Waals surface area contributed by atoms with Gasteiger partial charge in [-0.15, -0.1) is 0 Å². The lowest BCUT2D eigenvalue weighted by molar-refractivity contribution is -0.140. The van der Waals surface area contributed by atoms with Gasteiger partial charge in [0.2, 0.25) is 28.6 Å². The molecule has 0 fully saturated rings. The summed E-state index contributed by atoms with van der Waals surface area (Å²) < 4.78 is 38.5. The number of hydrogen-bond donors (Lipinski definition) is 1. The molecule has 0 aromatic heterocycles. The molecular weight excluding hydrogens is 542 g/mol. The first-order chi connectivity index (χ1) is 19.7. The van der Waals surface area contributed by atoms with Crippen molar-refractivity contribution in [1.29, 1.82) is 0 Å². The van der Waals surface area contributed by atoms with Crippen molar-refractivity contribution in [2.24, 2.45) is 0 Å². The van der Waals surface area contributed by atoms with Gasteiger partial charge in [-0.3, -0.25) is 13.9 Å². The van der Waals surface area contributed by atoms with E-state index in [0.29, 0.717) is 11.5 Å². The van der Waals surface area contributed by atoms with Crippen molar-refractivity contribution in [2.45, 2.75) is 52.2 Å². The van der Waals surface area contributed by atoms with E-state index in [1.54, 1.807) is 18.2 Å². The Morgan fingerprint density at radius 2 is 1.54 bits per heavy atom. The fourth-order valence-electron chi connectivity index (χ4n) is 4.54. The highest BCUT2D eigenvalue weighted by atomic mass is 32.2. The second-order valence-electron chi connectivity index (χ2n) is 9.98. The van der Waals surface area contributed by atoms with Crippen LogP contribution in [0.1, 0.15) is 38.3 Å². The van der Waals surface area contributed by atoms with Gasteiger partial charge >= 0.3 is 0 Å². The molecule has 0 spiro atoms. The van der Waals surface area contributed by atoms with Gasteiger partial charge in [0.25, 0.3) is 0 Å². The number of sulfonamides is 1. The predicted octanol–water partition coefficient (Wildman–Crippen LogP) is 4.13. The Morgan fingerprint density at radius 3 is 2.17 bits per heavy atom. The minimum atomic E-state index is -3.87. The lowest BCUT2D eigenvalue weighted by Gasteiger charge is -2.34. The molecule has 1 aliphatic rings. The molecule has 3 aromatic rings. The number of anilines is 1. The standard InChI is InChI=1S/C31H37N3O6S/c1-4-23(3)32-31(36)27(18-24-12-8-6-9-13-24)33(20-25-14-10-7-11-15-25)30(35)21-34(41(37,38)5-2)26-16-17-28-29(19-26)40-22-39-28/h6-17,19,23,27H,4-5,18,20-22H2,1-3H3,(H,32,36)/t23-,27+/m1/s1. The molecule has 3 aromatic carbocycles. The largest absolute Gasteiger partial charge is 0.454 e. The van der Waals surface area contributed by atoms with E-state index in [0.717, 1.165) is 21.9 Å². The number of nitrogens with zero attached hydrogens (tertiary/aromatic N) is 2. The van der Waals surface area contributed by atoms with Crippen LogP contribution in [0.25, 0.3) is 0 Å². The molecule has 1 aliphatic heterocycles. The number of fused-ring (bicyclic) bond motifs is 1. The minimum absolute atomic E-state index is 0.0373. The second kappa shape index (κ2) is 13.5. The van der Waals surface area contributed by atoms with E-state index in [1.165, 1.54) is 11.8 Å². The molecule has 1 heterocycles. The number of rotatable bonds is 13. The van der Waals surface area contributed by atoms with Crippen LogP contribution in [0.15, 0.2) is 78.9 Å². The van der Waals surface area contributed by atoms with Crippen molar-refractivity contribution in [3.05, 3.63) is 90.0 Å². The number of benzene rings is 3. The molecule has 2 amide bonds. The van der Waals surface area contributed by atoms with E-state index < -0.39 is 28.5 Å². The summed E-state index contributed by atoms with van der Waals surface area (Å²) in [4.78, 5) is 29.4. The zero-order valence-electron chi connectivity index (χ0n) is 23.7. The SMILES string of the molecule is CC[C@@H](C)NC(=O)[C@H](Cc1ccccc1)N(Cc1ccccc1)C(=O)CN(c1ccc2c(c1)OCO2)S(=O)(=O)CC. The molecule has 0 saturated heterocycles. The Labute approximate surface area is 242 Å². The average Bonchev–Trinajstić information content (AvgIpc) is 3.46. The smallest absolute Gasteiger partial charge is 0.244 e. The fourth-order valence-corrected chi connectivity index (χ4v) is 5.59. The molecule has 41 heavy (non-hydrogen) atoms. The van der Waals surface area contributed by atoms with Crippen LogP contribution in [0, 0.1) is 0 Å². The highest BCUT2D eigenvalue weighted by molar-refractivity contribution is 7.92. The van der Waals surface area contributed by atoms with Crippen LogP contribution in [0.5, 0.6) is 11.5 Å². The van der Waals surface area contributed by atoms with Gasteiger partial charge in [-0.1, -0.05) is 67.6 Å². The normalized spacial score (nSPS) is 13.7. The maximum atomic E-state index is 14.2. The Bertz CT molecular complexity index is 1430. The van der Waals surface area contributed by atoms with Crippen LogP contribution in [0.3, 0.4) is 0 Å². The highest BCUT2D eigenvalue weighted by Crippen LogP contribution is 2.36. The molecule has 2 atom stereocenters. The molecule has 0 aliphatic carbocycles. The molecule has 0 bridgehead atoms. The monoisotopic (exact) mass is 579 g/mol. The topological polar surface area (TPSA) is 105 Å². The maximum absolute atomic E-state index is 14.2. The Hall–Kier alpha value is -4.05. The molecular formula is C31H37N3O6S. The van der Waals surface area contributed by atoms with E-state index in [9.17, 15) is 18.0 Å². The number of carbonyl (C=O) groups is 2. The van der Waals surface area contributed by atoms with E-state index in [2.05, 4.69) is 5.32 Å². The van der Waals surface area contributed by atoms with E-state index in [4.69, 9.17) is 9.47 Å². The zero-order chi connectivity index (χ0) is 29.4. The first-order valence-electron chi connectivity index (χ1n) is 13.8. The molecule has 0 saturated carbocycles. The number of hydrogen-bond acceptors (Lipinski definition) is 6. The summed E-state index contributed by atoms with van der Waals surface area (Å²) >= 11 is 0. The van der Waals surface area contributed by atoms with Gasteiger partial charge in [0, 0.05) is 25.1 Å². The average molecular weight is 580 g/mol. The molecule has 218 valence electrons. The summed E-state index contributed by atoms with van der Waals surface area (Å²) in [5.74, 6) is -0.0918. The molecule has 0 unspecified atom stereocenters. The van der Waals surface area contributed by atoms with E-state index in [1.807, 2.05) is 74.5 Å². The first kappa shape index (κ1) is 29.9. The second-order valence-corrected chi connectivity index (χ2v) is 12.2. The summed E-state index contributed by atoms with van der Waals surface area (Å²) in [5, 5.41) is 3.03. The minimum Gasteiger partial charge on any atom is -0.454 e. The van der Waals surface area contributed by atoms with Crippen LogP contribution < -0.4 is 19.1 Å². The van der Waals surface area contributed by atoms with Gasteiger partial charge < -0.3 is 19.7 Å². The fraction of sp³-hybridized carbons (Fsp3) is 0.355. The number of ether oxygens (including phenoxy) is 2. The van der Waals surface area contributed by atoms with E-state index in [-0.39, 0.29) is 43.1 Å². The van der Waals surface area contributed by atoms with Gasteiger partial charge in [-0.05, 0) is 43.5 Å². The van der Waals surface area contributed by atoms with Crippen molar-refractivity contribution in [3.8, 4) is 11.5 Å². The van der Waals surface area contributed by atoms with Crippen molar-refractivity contribution < 1.29 is 27.5 Å². The van der Waals surface area contributed by atoms with Crippen molar-refractivity contribution in [3.63, 3.8) is 0 Å². The van der Waals surface area contributed by atoms with Gasteiger partial charge in [0.05, 0.1) is 11.4 Å². The highest BCUT2D eigenvalue weighted by Gasteiger charge is 2.34. The zero-order valence-corrected chi connectivity index (χ0v) is 24.5. The summed E-state index contributed by atoms with van der Waals surface area (Å²) in [7, 11) is -3.87. The molecule has 1 N–H and O–H groups in total. The third-order valence-electron chi connectivity index (χ3n) is 7.09. The third kappa shape index (κ3) is 7.58. The third-order valence-corrected chi connectivity index (χ3v) is 8.83. The van der Waals surface area contributed by atoms with Crippen molar-refractivity contribution in [1.82, 2.24) is 10.2 Å². The molecule has 9 nitrogen and oxygen atoms in total.